The number of carbonyl (C=O) groups excluding carboxylic acids is 1. The molecular weight excluding hydrogens is 407 g/mol. The van der Waals surface area contributed by atoms with Crippen molar-refractivity contribution in [2.75, 3.05) is 5.32 Å². The number of amides is 1. The SMILES string of the molecule is Cc1cc(-c2csc(NC(=O)CCCc3nc(-c4ccc(F)cc4)no3)n2)c(C)o1. The van der Waals surface area contributed by atoms with Gasteiger partial charge in [-0.2, -0.15) is 4.98 Å². The number of nitrogens with one attached hydrogen (secondary N) is 1. The number of rotatable bonds is 7. The summed E-state index contributed by atoms with van der Waals surface area (Å²) in [6, 6.07) is 7.79. The van der Waals surface area contributed by atoms with Gasteiger partial charge in [-0.3, -0.25) is 4.79 Å². The molecule has 0 aliphatic carbocycles. The van der Waals surface area contributed by atoms with Crippen LogP contribution in [-0.2, 0) is 11.2 Å². The molecule has 0 saturated carbocycles. The number of thiazole rings is 1. The van der Waals surface area contributed by atoms with Crippen LogP contribution in [0.2, 0.25) is 0 Å². The summed E-state index contributed by atoms with van der Waals surface area (Å²) >= 11 is 1.37. The fraction of sp³-hybridized carbons (Fsp3) is 0.238. The van der Waals surface area contributed by atoms with Gasteiger partial charge in [0, 0.05) is 29.3 Å². The highest BCUT2D eigenvalue weighted by molar-refractivity contribution is 7.14. The molecule has 9 heteroatoms. The van der Waals surface area contributed by atoms with Crippen LogP contribution in [0.3, 0.4) is 0 Å². The molecule has 4 rings (SSSR count). The van der Waals surface area contributed by atoms with Crippen LogP contribution >= 0.6 is 11.3 Å². The van der Waals surface area contributed by atoms with Gasteiger partial charge in [-0.15, -0.1) is 11.3 Å². The molecular formula is C21H19FN4O3S. The van der Waals surface area contributed by atoms with E-state index in [1.54, 1.807) is 12.1 Å². The third-order valence-electron chi connectivity index (χ3n) is 4.43. The molecule has 0 spiro atoms. The molecule has 1 amide bonds. The molecule has 1 N–H and O–H groups in total. The largest absolute Gasteiger partial charge is 0.466 e. The van der Waals surface area contributed by atoms with Crippen molar-refractivity contribution >= 4 is 22.4 Å². The third-order valence-corrected chi connectivity index (χ3v) is 5.19. The van der Waals surface area contributed by atoms with Gasteiger partial charge in [0.1, 0.15) is 17.3 Å². The molecule has 0 radical (unpaired) electrons. The zero-order valence-corrected chi connectivity index (χ0v) is 17.3. The maximum absolute atomic E-state index is 13.0. The molecule has 1 aromatic carbocycles. The molecule has 0 aliphatic rings. The van der Waals surface area contributed by atoms with E-state index in [2.05, 4.69) is 20.4 Å². The molecule has 0 aliphatic heterocycles. The third kappa shape index (κ3) is 4.62. The van der Waals surface area contributed by atoms with Crippen LogP contribution in [0.1, 0.15) is 30.3 Å². The van der Waals surface area contributed by atoms with E-state index >= 15 is 0 Å². The molecule has 7 nitrogen and oxygen atoms in total. The number of hydrogen-bond donors (Lipinski definition) is 1. The Bertz CT molecular complexity index is 1160. The maximum Gasteiger partial charge on any atom is 0.226 e. The molecule has 154 valence electrons. The number of hydrogen-bond acceptors (Lipinski definition) is 7. The van der Waals surface area contributed by atoms with Crippen molar-refractivity contribution in [1.29, 1.82) is 0 Å². The fourth-order valence-corrected chi connectivity index (χ4v) is 3.72. The maximum atomic E-state index is 13.0. The second kappa shape index (κ2) is 8.58. The minimum Gasteiger partial charge on any atom is -0.466 e. The quantitative estimate of drug-likeness (QED) is 0.438. The van der Waals surface area contributed by atoms with Crippen LogP contribution in [0.15, 0.2) is 44.7 Å². The summed E-state index contributed by atoms with van der Waals surface area (Å²) in [7, 11) is 0. The Morgan fingerprint density at radius 3 is 2.73 bits per heavy atom. The number of carbonyl (C=O) groups is 1. The molecule has 3 heterocycles. The zero-order chi connectivity index (χ0) is 21.1. The number of nitrogens with zero attached hydrogens (tertiary/aromatic N) is 3. The van der Waals surface area contributed by atoms with Gasteiger partial charge >= 0.3 is 0 Å². The minimum absolute atomic E-state index is 0.130. The standard InChI is InChI=1S/C21H19FN4O3S/c1-12-10-16(13(2)28-12)17-11-30-21(23-17)24-18(27)4-3-5-19-25-20(26-29-19)14-6-8-15(22)9-7-14/h6-11H,3-5H2,1-2H3,(H,23,24,27). The summed E-state index contributed by atoms with van der Waals surface area (Å²) in [5, 5.41) is 9.15. The van der Waals surface area contributed by atoms with Gasteiger partial charge in [-0.1, -0.05) is 5.16 Å². The van der Waals surface area contributed by atoms with Crippen molar-refractivity contribution < 1.29 is 18.1 Å². The lowest BCUT2D eigenvalue weighted by atomic mass is 10.2. The Morgan fingerprint density at radius 1 is 1.20 bits per heavy atom. The number of halogens is 1. The van der Waals surface area contributed by atoms with E-state index in [1.165, 1.54) is 23.5 Å². The normalized spacial score (nSPS) is 11.0. The van der Waals surface area contributed by atoms with Gasteiger partial charge in [0.05, 0.1) is 5.69 Å². The van der Waals surface area contributed by atoms with E-state index in [-0.39, 0.29) is 11.7 Å². The lowest BCUT2D eigenvalue weighted by Crippen LogP contribution is -2.11. The van der Waals surface area contributed by atoms with Crippen molar-refractivity contribution in [3.63, 3.8) is 0 Å². The summed E-state index contributed by atoms with van der Waals surface area (Å²) in [5.74, 6) is 2.00. The first-order valence-corrected chi connectivity index (χ1v) is 10.3. The summed E-state index contributed by atoms with van der Waals surface area (Å²) in [4.78, 5) is 21.0. The highest BCUT2D eigenvalue weighted by atomic mass is 32.1. The minimum atomic E-state index is -0.323. The molecule has 0 saturated heterocycles. The molecule has 3 aromatic heterocycles. The molecule has 0 unspecified atom stereocenters. The fourth-order valence-electron chi connectivity index (χ4n) is 2.99. The average molecular weight is 426 g/mol. The Kier molecular flexibility index (Phi) is 5.71. The number of anilines is 1. The van der Waals surface area contributed by atoms with Crippen LogP contribution < -0.4 is 5.32 Å². The molecule has 0 atom stereocenters. The number of benzene rings is 1. The second-order valence-corrected chi connectivity index (χ2v) is 7.64. The first-order chi connectivity index (χ1) is 14.5. The van der Waals surface area contributed by atoms with Gasteiger partial charge in [0.2, 0.25) is 17.6 Å². The van der Waals surface area contributed by atoms with Crippen LogP contribution in [0.5, 0.6) is 0 Å². The highest BCUT2D eigenvalue weighted by Crippen LogP contribution is 2.29. The topological polar surface area (TPSA) is 94.1 Å². The Morgan fingerprint density at radius 2 is 2.00 bits per heavy atom. The summed E-state index contributed by atoms with van der Waals surface area (Å²) in [5.41, 5.74) is 2.38. The Balaban J connectivity index is 1.28. The van der Waals surface area contributed by atoms with Gasteiger partial charge in [0.15, 0.2) is 5.13 Å². The van der Waals surface area contributed by atoms with Crippen molar-refractivity contribution in [2.45, 2.75) is 33.1 Å². The van der Waals surface area contributed by atoms with Crippen molar-refractivity contribution in [1.82, 2.24) is 15.1 Å². The summed E-state index contributed by atoms with van der Waals surface area (Å²) in [6.45, 7) is 3.77. The smallest absolute Gasteiger partial charge is 0.226 e. The van der Waals surface area contributed by atoms with E-state index in [1.807, 2.05) is 25.3 Å². The summed E-state index contributed by atoms with van der Waals surface area (Å²) in [6.07, 6.45) is 1.32. The monoisotopic (exact) mass is 426 g/mol. The molecule has 30 heavy (non-hydrogen) atoms. The first-order valence-electron chi connectivity index (χ1n) is 9.39. The predicted molar refractivity (Wildman–Crippen MR) is 111 cm³/mol. The molecule has 0 bridgehead atoms. The number of aromatic nitrogens is 3. The van der Waals surface area contributed by atoms with E-state index < -0.39 is 0 Å². The van der Waals surface area contributed by atoms with Crippen molar-refractivity contribution in [3.8, 4) is 22.6 Å². The zero-order valence-electron chi connectivity index (χ0n) is 16.4. The van der Waals surface area contributed by atoms with E-state index in [9.17, 15) is 9.18 Å². The van der Waals surface area contributed by atoms with Gasteiger partial charge < -0.3 is 14.3 Å². The number of aryl methyl sites for hydroxylation is 3. The first kappa shape index (κ1) is 20.0. The second-order valence-electron chi connectivity index (χ2n) is 6.79. The lowest BCUT2D eigenvalue weighted by molar-refractivity contribution is -0.116. The van der Waals surface area contributed by atoms with Crippen LogP contribution in [-0.4, -0.2) is 21.0 Å². The van der Waals surface area contributed by atoms with E-state index in [0.29, 0.717) is 41.7 Å². The van der Waals surface area contributed by atoms with Crippen LogP contribution in [0.4, 0.5) is 9.52 Å². The van der Waals surface area contributed by atoms with Crippen LogP contribution in [0.25, 0.3) is 22.6 Å². The van der Waals surface area contributed by atoms with Crippen molar-refractivity contribution in [2.24, 2.45) is 0 Å². The van der Waals surface area contributed by atoms with Crippen molar-refractivity contribution in [3.05, 3.63) is 58.9 Å². The number of furan rings is 1. The van der Waals surface area contributed by atoms with Gasteiger partial charge in [-0.25, -0.2) is 9.37 Å². The molecule has 4 aromatic rings. The van der Waals surface area contributed by atoms with Gasteiger partial charge in [-0.05, 0) is 50.6 Å². The van der Waals surface area contributed by atoms with Gasteiger partial charge in [0.25, 0.3) is 0 Å². The van der Waals surface area contributed by atoms with E-state index in [0.717, 1.165) is 22.8 Å². The molecule has 0 fully saturated rings. The predicted octanol–water partition coefficient (Wildman–Crippen LogP) is 5.17. The Labute approximate surface area is 176 Å². The van der Waals surface area contributed by atoms with E-state index in [4.69, 9.17) is 8.94 Å². The average Bonchev–Trinajstić information content (AvgIpc) is 3.43. The summed E-state index contributed by atoms with van der Waals surface area (Å²) < 4.78 is 23.7. The lowest BCUT2D eigenvalue weighted by Gasteiger charge is -2.00. The Hall–Kier alpha value is -3.33. The van der Waals surface area contributed by atoms with Crippen LogP contribution in [0, 0.1) is 19.7 Å². The highest BCUT2D eigenvalue weighted by Gasteiger charge is 2.13.